The number of para-hydroxylation sites is 1. The van der Waals surface area contributed by atoms with Crippen molar-refractivity contribution >= 4 is 17.7 Å². The monoisotopic (exact) mass is 531 g/mol. The molecule has 3 aromatic carbocycles. The minimum Gasteiger partial charge on any atom is -0.497 e. The van der Waals surface area contributed by atoms with Gasteiger partial charge < -0.3 is 24.6 Å². The van der Waals surface area contributed by atoms with Crippen LogP contribution >= 0.6 is 0 Å². The molecular weight excluding hydrogens is 498 g/mol. The highest BCUT2D eigenvalue weighted by atomic mass is 16.7. The second kappa shape index (κ2) is 11.2. The van der Waals surface area contributed by atoms with Gasteiger partial charge in [0.25, 0.3) is 0 Å². The predicted molar refractivity (Wildman–Crippen MR) is 146 cm³/mol. The van der Waals surface area contributed by atoms with E-state index in [1.807, 2.05) is 56.3 Å². The van der Waals surface area contributed by atoms with Crippen molar-refractivity contribution in [3.8, 4) is 17.2 Å². The van der Waals surface area contributed by atoms with Gasteiger partial charge in [0.2, 0.25) is 6.79 Å². The van der Waals surface area contributed by atoms with Gasteiger partial charge in [0, 0.05) is 18.2 Å². The van der Waals surface area contributed by atoms with Crippen molar-refractivity contribution in [1.29, 1.82) is 0 Å². The van der Waals surface area contributed by atoms with Gasteiger partial charge in [-0.15, -0.1) is 0 Å². The average Bonchev–Trinajstić information content (AvgIpc) is 3.57. The Labute approximate surface area is 227 Å². The first-order valence-electron chi connectivity index (χ1n) is 13.1. The third-order valence-corrected chi connectivity index (χ3v) is 7.55. The number of hydrogen-bond donors (Lipinski definition) is 3. The van der Waals surface area contributed by atoms with Crippen LogP contribution in [0.25, 0.3) is 0 Å². The van der Waals surface area contributed by atoms with Gasteiger partial charge in [0.05, 0.1) is 19.1 Å². The number of amides is 2. The van der Waals surface area contributed by atoms with Crippen molar-refractivity contribution < 1.29 is 28.9 Å². The predicted octanol–water partition coefficient (Wildman–Crippen LogP) is 5.13. The fourth-order valence-corrected chi connectivity index (χ4v) is 5.60. The Kier molecular flexibility index (Phi) is 7.60. The largest absolute Gasteiger partial charge is 0.497 e. The number of urea groups is 1. The lowest BCUT2D eigenvalue weighted by Crippen LogP contribution is -2.45. The number of aryl methyl sites for hydroxylation is 2. The number of nitrogens with one attached hydrogen (secondary N) is 2. The van der Waals surface area contributed by atoms with E-state index < -0.39 is 29.9 Å². The van der Waals surface area contributed by atoms with Crippen LogP contribution in [-0.4, -0.2) is 42.6 Å². The Bertz CT molecular complexity index is 1340. The molecule has 5 rings (SSSR count). The quantitative estimate of drug-likeness (QED) is 0.370. The van der Waals surface area contributed by atoms with Crippen molar-refractivity contribution in [2.45, 2.75) is 38.6 Å². The molecule has 39 heavy (non-hydrogen) atoms. The number of anilines is 1. The van der Waals surface area contributed by atoms with Crippen molar-refractivity contribution in [2.24, 2.45) is 5.92 Å². The highest BCUT2D eigenvalue weighted by Gasteiger charge is 2.48. The molecule has 204 valence electrons. The van der Waals surface area contributed by atoms with E-state index in [1.165, 1.54) is 0 Å². The first kappa shape index (κ1) is 26.4. The average molecular weight is 532 g/mol. The number of carboxylic acid groups (broad SMARTS) is 1. The molecule has 2 aliphatic rings. The summed E-state index contributed by atoms with van der Waals surface area (Å²) in [7, 11) is 1.58. The van der Waals surface area contributed by atoms with Crippen molar-refractivity contribution in [3.05, 3.63) is 82.9 Å². The molecule has 3 N–H and O–H groups in total. The molecule has 9 nitrogen and oxygen atoms in total. The minimum absolute atomic E-state index is 0.132. The van der Waals surface area contributed by atoms with E-state index in [0.717, 1.165) is 40.8 Å². The van der Waals surface area contributed by atoms with Crippen molar-refractivity contribution in [3.63, 3.8) is 0 Å². The van der Waals surface area contributed by atoms with Crippen molar-refractivity contribution in [2.75, 3.05) is 25.8 Å². The van der Waals surface area contributed by atoms with Gasteiger partial charge in [-0.2, -0.15) is 0 Å². The van der Waals surface area contributed by atoms with Gasteiger partial charge in [-0.25, -0.2) is 9.80 Å². The zero-order chi connectivity index (χ0) is 27.5. The van der Waals surface area contributed by atoms with Crippen LogP contribution in [0.2, 0.25) is 0 Å². The molecule has 0 unspecified atom stereocenters. The standard InChI is InChI=1S/C30H33N3O6/c1-4-18-7-6-8-19(5-2)27(18)31-30(36)32-33-16-23(21-11-14-24-25(15-21)39-17-38-24)26(29(34)35)28(33)20-9-12-22(37-3)13-10-20/h6-15,23,26,28H,4-5,16-17H2,1-3H3,(H,34,35)(H2,31,32,36)/t23-,26+,28-/m1/s1. The normalized spacial score (nSPS) is 20.0. The number of carboxylic acids is 1. The van der Waals surface area contributed by atoms with E-state index >= 15 is 0 Å². The lowest BCUT2D eigenvalue weighted by molar-refractivity contribution is -0.143. The number of methoxy groups -OCH3 is 1. The third kappa shape index (κ3) is 5.22. The smallest absolute Gasteiger partial charge is 0.333 e. The summed E-state index contributed by atoms with van der Waals surface area (Å²) in [6.45, 7) is 4.51. The summed E-state index contributed by atoms with van der Waals surface area (Å²) in [6.07, 6.45) is 1.55. The lowest BCUT2D eigenvalue weighted by atomic mass is 9.83. The Morgan fingerprint density at radius 3 is 2.28 bits per heavy atom. The van der Waals surface area contributed by atoms with E-state index in [1.54, 1.807) is 30.3 Å². The van der Waals surface area contributed by atoms with Crippen LogP contribution < -0.4 is 25.0 Å². The maximum absolute atomic E-state index is 13.4. The summed E-state index contributed by atoms with van der Waals surface area (Å²) in [5.74, 6) is -0.327. The number of benzene rings is 3. The number of fused-ring (bicyclic) bond motifs is 1. The number of carbonyl (C=O) groups is 2. The Morgan fingerprint density at radius 2 is 1.64 bits per heavy atom. The Balaban J connectivity index is 1.49. The number of carbonyl (C=O) groups excluding carboxylic acids is 1. The van der Waals surface area contributed by atoms with Crippen LogP contribution in [0, 0.1) is 5.92 Å². The fourth-order valence-electron chi connectivity index (χ4n) is 5.60. The summed E-state index contributed by atoms with van der Waals surface area (Å²) < 4.78 is 16.3. The molecule has 0 saturated carbocycles. The molecule has 0 aromatic heterocycles. The number of hydrogen-bond acceptors (Lipinski definition) is 6. The zero-order valence-electron chi connectivity index (χ0n) is 22.3. The maximum Gasteiger partial charge on any atom is 0.333 e. The molecular formula is C30H33N3O6. The second-order valence-corrected chi connectivity index (χ2v) is 9.68. The molecule has 2 heterocycles. The first-order valence-corrected chi connectivity index (χ1v) is 13.1. The van der Waals surface area contributed by atoms with Crippen molar-refractivity contribution in [1.82, 2.24) is 10.4 Å². The number of rotatable bonds is 8. The topological polar surface area (TPSA) is 109 Å². The maximum atomic E-state index is 13.4. The SMILES string of the molecule is CCc1cccc(CC)c1NC(=O)NN1C[C@H](c2ccc3c(c2)OCO3)[C@H](C(=O)O)[C@H]1c1ccc(OC)cc1. The van der Waals surface area contributed by atoms with Crippen LogP contribution in [0.3, 0.4) is 0 Å². The molecule has 3 atom stereocenters. The summed E-state index contributed by atoms with van der Waals surface area (Å²) in [4.78, 5) is 26.2. The molecule has 1 fully saturated rings. The van der Waals surface area contributed by atoms with E-state index in [-0.39, 0.29) is 13.3 Å². The van der Waals surface area contributed by atoms with Crippen LogP contribution in [0.4, 0.5) is 10.5 Å². The summed E-state index contributed by atoms with van der Waals surface area (Å²) in [5.41, 5.74) is 7.42. The number of ether oxygens (including phenoxy) is 3. The first-order chi connectivity index (χ1) is 18.9. The third-order valence-electron chi connectivity index (χ3n) is 7.55. The van der Waals surface area contributed by atoms with E-state index in [4.69, 9.17) is 14.2 Å². The molecule has 9 heteroatoms. The summed E-state index contributed by atoms with van der Waals surface area (Å²) >= 11 is 0. The highest BCUT2D eigenvalue weighted by molar-refractivity contribution is 5.91. The van der Waals surface area contributed by atoms with Crippen LogP contribution in [0.15, 0.2) is 60.7 Å². The van der Waals surface area contributed by atoms with Gasteiger partial charge in [0.15, 0.2) is 11.5 Å². The van der Waals surface area contributed by atoms with Gasteiger partial charge in [-0.1, -0.05) is 50.2 Å². The molecule has 2 amide bonds. The second-order valence-electron chi connectivity index (χ2n) is 9.68. The Morgan fingerprint density at radius 1 is 0.974 bits per heavy atom. The van der Waals surface area contributed by atoms with Crippen LogP contribution in [0.1, 0.15) is 48.1 Å². The number of aliphatic carboxylic acids is 1. The number of nitrogens with zero attached hydrogens (tertiary/aromatic N) is 1. The lowest BCUT2D eigenvalue weighted by Gasteiger charge is -2.28. The summed E-state index contributed by atoms with van der Waals surface area (Å²) in [5, 5.41) is 15.2. The number of hydrazine groups is 1. The van der Waals surface area contributed by atoms with Gasteiger partial charge in [-0.3, -0.25) is 10.2 Å². The van der Waals surface area contributed by atoms with Gasteiger partial charge >= 0.3 is 12.0 Å². The fraction of sp³-hybridized carbons (Fsp3) is 0.333. The molecule has 2 aliphatic heterocycles. The van der Waals surface area contributed by atoms with Gasteiger partial charge in [-0.05, 0) is 59.4 Å². The molecule has 0 spiro atoms. The van der Waals surface area contributed by atoms with Crippen LogP contribution in [-0.2, 0) is 17.6 Å². The van der Waals surface area contributed by atoms with Gasteiger partial charge in [0.1, 0.15) is 5.75 Å². The van der Waals surface area contributed by atoms with E-state index in [9.17, 15) is 14.7 Å². The Hall–Kier alpha value is -4.24. The van der Waals surface area contributed by atoms with E-state index in [0.29, 0.717) is 17.2 Å². The molecule has 0 aliphatic carbocycles. The highest BCUT2D eigenvalue weighted by Crippen LogP contribution is 2.47. The zero-order valence-corrected chi connectivity index (χ0v) is 22.3. The van der Waals surface area contributed by atoms with Crippen LogP contribution in [0.5, 0.6) is 17.2 Å². The molecule has 1 saturated heterocycles. The summed E-state index contributed by atoms with van der Waals surface area (Å²) in [6, 6.07) is 17.7. The minimum atomic E-state index is -0.951. The molecule has 0 radical (unpaired) electrons. The molecule has 0 bridgehead atoms. The molecule has 3 aromatic rings. The van der Waals surface area contributed by atoms with E-state index in [2.05, 4.69) is 10.7 Å².